The van der Waals surface area contributed by atoms with E-state index >= 15 is 0 Å². The summed E-state index contributed by atoms with van der Waals surface area (Å²) < 4.78 is 1.75. The van der Waals surface area contributed by atoms with E-state index in [2.05, 4.69) is 20.4 Å². The van der Waals surface area contributed by atoms with Crippen molar-refractivity contribution in [1.82, 2.24) is 29.9 Å². The second kappa shape index (κ2) is 7.63. The molecule has 1 aliphatic rings. The maximum absolute atomic E-state index is 12.6. The van der Waals surface area contributed by atoms with Gasteiger partial charge < -0.3 is 15.1 Å². The van der Waals surface area contributed by atoms with Crippen molar-refractivity contribution in [3.63, 3.8) is 0 Å². The van der Waals surface area contributed by atoms with Crippen LogP contribution in [0.2, 0.25) is 0 Å². The van der Waals surface area contributed by atoms with E-state index in [0.29, 0.717) is 13.1 Å². The lowest BCUT2D eigenvalue weighted by Gasteiger charge is -2.32. The van der Waals surface area contributed by atoms with Crippen LogP contribution in [0.25, 0.3) is 0 Å². The fraction of sp³-hybridized carbons (Fsp3) is 0.750. The van der Waals surface area contributed by atoms with Crippen LogP contribution in [-0.2, 0) is 18.4 Å². The van der Waals surface area contributed by atoms with Crippen LogP contribution in [0.1, 0.15) is 31.5 Å². The first kappa shape index (κ1) is 18.2. The maximum atomic E-state index is 12.6. The number of aromatic nitrogens is 3. The summed E-state index contributed by atoms with van der Waals surface area (Å²) >= 11 is 0. The van der Waals surface area contributed by atoms with E-state index in [4.69, 9.17) is 0 Å². The Hall–Kier alpha value is -2.12. The molecule has 8 heteroatoms. The molecule has 1 heterocycles. The van der Waals surface area contributed by atoms with Crippen molar-refractivity contribution in [2.75, 3.05) is 34.7 Å². The molecule has 2 rings (SSSR count). The summed E-state index contributed by atoms with van der Waals surface area (Å²) in [7, 11) is 9.24. The number of carbonyl (C=O) groups is 1. The van der Waals surface area contributed by atoms with E-state index < -0.39 is 0 Å². The molecule has 0 saturated heterocycles. The van der Waals surface area contributed by atoms with Crippen LogP contribution in [0, 0.1) is 5.41 Å². The van der Waals surface area contributed by atoms with Gasteiger partial charge in [0.25, 0.3) is 0 Å². The molecule has 0 aliphatic heterocycles. The van der Waals surface area contributed by atoms with Crippen LogP contribution in [0.5, 0.6) is 0 Å². The smallest absolute Gasteiger partial charge is 0.230 e. The van der Waals surface area contributed by atoms with Crippen LogP contribution in [0.3, 0.4) is 0 Å². The largest absolute Gasteiger partial charge is 0.355 e. The highest BCUT2D eigenvalue weighted by Gasteiger charge is 2.42. The van der Waals surface area contributed by atoms with Gasteiger partial charge in [-0.05, 0) is 12.8 Å². The van der Waals surface area contributed by atoms with Gasteiger partial charge in [0.2, 0.25) is 5.91 Å². The highest BCUT2D eigenvalue weighted by Crippen LogP contribution is 2.38. The summed E-state index contributed by atoms with van der Waals surface area (Å²) in [6, 6.07) is 0. The molecule has 0 radical (unpaired) electrons. The quantitative estimate of drug-likeness (QED) is 0.625. The van der Waals surface area contributed by atoms with E-state index in [9.17, 15) is 4.79 Å². The third-order valence-electron chi connectivity index (χ3n) is 4.76. The van der Waals surface area contributed by atoms with Gasteiger partial charge in [-0.15, -0.1) is 0 Å². The first-order valence-electron chi connectivity index (χ1n) is 8.36. The number of hydrogen-bond acceptors (Lipinski definition) is 4. The van der Waals surface area contributed by atoms with E-state index in [1.54, 1.807) is 23.0 Å². The average Bonchev–Trinajstić information content (AvgIpc) is 3.18. The predicted molar refractivity (Wildman–Crippen MR) is 93.4 cm³/mol. The zero-order valence-corrected chi connectivity index (χ0v) is 15.4. The normalized spacial score (nSPS) is 17.0. The topological polar surface area (TPSA) is 78.7 Å². The van der Waals surface area contributed by atoms with E-state index in [1.165, 1.54) is 0 Å². The Morgan fingerprint density at radius 3 is 2.54 bits per heavy atom. The zero-order chi connectivity index (χ0) is 17.7. The number of aliphatic imine (C=N–C) groups is 1. The lowest BCUT2D eigenvalue weighted by atomic mass is 9.84. The Morgan fingerprint density at radius 1 is 1.38 bits per heavy atom. The number of nitrogens with one attached hydrogen (secondary N) is 1. The van der Waals surface area contributed by atoms with Crippen LogP contribution < -0.4 is 5.32 Å². The summed E-state index contributed by atoms with van der Waals surface area (Å²) in [5, 5.41) is 7.48. The zero-order valence-electron chi connectivity index (χ0n) is 15.4. The summed E-state index contributed by atoms with van der Waals surface area (Å²) in [4.78, 5) is 24.9. The highest BCUT2D eigenvalue weighted by atomic mass is 16.2. The number of amides is 1. The molecule has 0 spiro atoms. The molecular weight excluding hydrogens is 306 g/mol. The molecule has 134 valence electrons. The van der Waals surface area contributed by atoms with Gasteiger partial charge in [0.15, 0.2) is 5.96 Å². The Morgan fingerprint density at radius 2 is 2.04 bits per heavy atom. The summed E-state index contributed by atoms with van der Waals surface area (Å²) in [5.41, 5.74) is -0.314. The van der Waals surface area contributed by atoms with Crippen LogP contribution in [0.4, 0.5) is 0 Å². The summed E-state index contributed by atoms with van der Waals surface area (Å²) in [6.07, 6.45) is 5.62. The molecule has 0 atom stereocenters. The SMILES string of the molecule is CN=C(NCC1(C(=O)N(C)C)CCCC1)N(C)Cc1ncnn1C. The molecule has 24 heavy (non-hydrogen) atoms. The minimum atomic E-state index is -0.314. The van der Waals surface area contributed by atoms with E-state index in [1.807, 2.05) is 33.1 Å². The summed E-state index contributed by atoms with van der Waals surface area (Å²) in [6.45, 7) is 1.21. The van der Waals surface area contributed by atoms with E-state index in [-0.39, 0.29) is 11.3 Å². The van der Waals surface area contributed by atoms with Crippen molar-refractivity contribution >= 4 is 11.9 Å². The van der Waals surface area contributed by atoms with Gasteiger partial charge in [0.1, 0.15) is 12.2 Å². The molecule has 0 aromatic carbocycles. The second-order valence-corrected chi connectivity index (χ2v) is 6.74. The van der Waals surface area contributed by atoms with Crippen molar-refractivity contribution in [2.24, 2.45) is 17.5 Å². The molecule has 1 aliphatic carbocycles. The van der Waals surface area contributed by atoms with Crippen molar-refractivity contribution in [3.8, 4) is 0 Å². The number of rotatable bonds is 5. The number of aryl methyl sites for hydroxylation is 1. The number of guanidine groups is 1. The average molecular weight is 335 g/mol. The first-order valence-corrected chi connectivity index (χ1v) is 8.36. The lowest BCUT2D eigenvalue weighted by molar-refractivity contribution is -0.138. The molecule has 0 bridgehead atoms. The van der Waals surface area contributed by atoms with Gasteiger partial charge in [-0.1, -0.05) is 12.8 Å². The minimum Gasteiger partial charge on any atom is -0.355 e. The van der Waals surface area contributed by atoms with Crippen LogP contribution in [0.15, 0.2) is 11.3 Å². The molecule has 8 nitrogen and oxygen atoms in total. The minimum absolute atomic E-state index is 0.207. The Kier molecular flexibility index (Phi) is 5.80. The Balaban J connectivity index is 2.01. The first-order chi connectivity index (χ1) is 11.4. The van der Waals surface area contributed by atoms with Gasteiger partial charge >= 0.3 is 0 Å². The van der Waals surface area contributed by atoms with Gasteiger partial charge in [0.05, 0.1) is 12.0 Å². The van der Waals surface area contributed by atoms with Gasteiger partial charge in [-0.25, -0.2) is 4.98 Å². The fourth-order valence-electron chi connectivity index (χ4n) is 3.38. The van der Waals surface area contributed by atoms with Crippen molar-refractivity contribution in [3.05, 3.63) is 12.2 Å². The summed E-state index contributed by atoms with van der Waals surface area (Å²) in [5.74, 6) is 1.83. The maximum Gasteiger partial charge on any atom is 0.230 e. The molecule has 0 unspecified atom stereocenters. The molecule has 1 aromatic heterocycles. The number of hydrogen-bond donors (Lipinski definition) is 1. The van der Waals surface area contributed by atoms with Crippen molar-refractivity contribution < 1.29 is 4.79 Å². The van der Waals surface area contributed by atoms with Gasteiger partial charge in [-0.3, -0.25) is 14.5 Å². The lowest BCUT2D eigenvalue weighted by Crippen LogP contribution is -2.49. The molecule has 1 N–H and O–H groups in total. The molecular formula is C16H29N7O. The third-order valence-corrected chi connectivity index (χ3v) is 4.76. The van der Waals surface area contributed by atoms with Gasteiger partial charge in [-0.2, -0.15) is 5.10 Å². The molecule has 1 amide bonds. The highest BCUT2D eigenvalue weighted by molar-refractivity contribution is 5.85. The standard InChI is InChI=1S/C16H29N7O/c1-17-15(22(4)10-13-19-12-20-23(13)5)18-11-16(8-6-7-9-16)14(24)21(2)3/h12H,6-11H2,1-5H3,(H,17,18). The Bertz CT molecular complexity index is 587. The number of nitrogens with zero attached hydrogens (tertiary/aromatic N) is 6. The van der Waals surface area contributed by atoms with Gasteiger partial charge in [0, 0.05) is 41.8 Å². The third kappa shape index (κ3) is 3.85. The Labute approximate surface area is 143 Å². The molecule has 1 aromatic rings. The molecule has 1 saturated carbocycles. The second-order valence-electron chi connectivity index (χ2n) is 6.74. The van der Waals surface area contributed by atoms with E-state index in [0.717, 1.165) is 37.5 Å². The monoisotopic (exact) mass is 335 g/mol. The van der Waals surface area contributed by atoms with Crippen LogP contribution >= 0.6 is 0 Å². The van der Waals surface area contributed by atoms with Crippen molar-refractivity contribution in [1.29, 1.82) is 0 Å². The predicted octanol–water partition coefficient (Wildman–Crippen LogP) is 0.471. The van der Waals surface area contributed by atoms with Crippen molar-refractivity contribution in [2.45, 2.75) is 32.2 Å². The number of carbonyl (C=O) groups excluding carboxylic acids is 1. The van der Waals surface area contributed by atoms with Crippen LogP contribution in [-0.4, -0.2) is 71.2 Å². The fourth-order valence-corrected chi connectivity index (χ4v) is 3.38. The molecule has 1 fully saturated rings.